The Kier molecular flexibility index (Phi) is 3.90. The van der Waals surface area contributed by atoms with E-state index in [0.29, 0.717) is 0 Å². The first-order chi connectivity index (χ1) is 8.53. The summed E-state index contributed by atoms with van der Waals surface area (Å²) in [6.07, 6.45) is 1.69. The van der Waals surface area contributed by atoms with Crippen molar-refractivity contribution in [3.05, 3.63) is 22.8 Å². The molecule has 0 amide bonds. The van der Waals surface area contributed by atoms with E-state index in [2.05, 4.69) is 6.92 Å². The fourth-order valence-corrected chi connectivity index (χ4v) is 3.85. The summed E-state index contributed by atoms with van der Waals surface area (Å²) >= 11 is 1.76. The van der Waals surface area contributed by atoms with Crippen LogP contribution < -0.4 is 10.5 Å². The van der Waals surface area contributed by atoms with Crippen LogP contribution in [0.4, 0.5) is 0 Å². The van der Waals surface area contributed by atoms with E-state index in [1.807, 2.05) is 13.0 Å². The quantitative estimate of drug-likeness (QED) is 0.863. The van der Waals surface area contributed by atoms with Gasteiger partial charge in [0.2, 0.25) is 0 Å². The Bertz CT molecular complexity index is 462. The fourth-order valence-electron chi connectivity index (χ4n) is 2.58. The van der Waals surface area contributed by atoms with Gasteiger partial charge in [0.25, 0.3) is 0 Å². The molecule has 0 spiro atoms. The summed E-state index contributed by atoms with van der Waals surface area (Å²) < 4.78 is 5.47. The van der Waals surface area contributed by atoms with Crippen LogP contribution in [0.15, 0.2) is 11.0 Å². The number of rotatable bonds is 2. The first-order valence-corrected chi connectivity index (χ1v) is 7.26. The second-order valence-electron chi connectivity index (χ2n) is 4.91. The first kappa shape index (κ1) is 13.7. The molecule has 1 aliphatic heterocycles. The highest BCUT2D eigenvalue weighted by Gasteiger charge is 2.35. The van der Waals surface area contributed by atoms with Gasteiger partial charge >= 0.3 is 0 Å². The van der Waals surface area contributed by atoms with Crippen LogP contribution in [0.3, 0.4) is 0 Å². The Morgan fingerprint density at radius 2 is 2.22 bits per heavy atom. The van der Waals surface area contributed by atoms with E-state index in [-0.39, 0.29) is 6.54 Å². The van der Waals surface area contributed by atoms with Crippen molar-refractivity contribution < 1.29 is 9.84 Å². The number of fused-ring (bicyclic) bond motifs is 1. The Morgan fingerprint density at radius 3 is 2.83 bits per heavy atom. The average molecular weight is 267 g/mol. The maximum atomic E-state index is 10.8. The normalized spacial score (nSPS) is 23.4. The third kappa shape index (κ3) is 2.13. The van der Waals surface area contributed by atoms with Gasteiger partial charge in [0.1, 0.15) is 11.4 Å². The van der Waals surface area contributed by atoms with E-state index in [1.165, 1.54) is 0 Å². The van der Waals surface area contributed by atoms with Gasteiger partial charge in [-0.2, -0.15) is 0 Å². The van der Waals surface area contributed by atoms with Gasteiger partial charge < -0.3 is 15.6 Å². The minimum absolute atomic E-state index is 0.258. The van der Waals surface area contributed by atoms with Crippen LogP contribution >= 0.6 is 11.8 Å². The zero-order valence-corrected chi connectivity index (χ0v) is 12.1. The van der Waals surface area contributed by atoms with Crippen LogP contribution in [0.2, 0.25) is 0 Å². The summed E-state index contributed by atoms with van der Waals surface area (Å²) in [5, 5.41) is 10.8. The average Bonchev–Trinajstić information content (AvgIpc) is 2.54. The second kappa shape index (κ2) is 5.11. The summed E-state index contributed by atoms with van der Waals surface area (Å²) in [4.78, 5) is 1.06. The molecule has 1 aromatic rings. The smallest absolute Gasteiger partial charge is 0.133 e. The monoisotopic (exact) mass is 267 g/mol. The highest BCUT2D eigenvalue weighted by atomic mass is 32.2. The molecule has 3 nitrogen and oxygen atoms in total. The standard InChI is InChI=1S/C14H21NO2S/c1-9-7-11(17-3)13-12(10(9)2)14(16,8-15)5-4-6-18-13/h7,16H,4-6,8,15H2,1-3H3. The molecule has 1 aliphatic rings. The highest BCUT2D eigenvalue weighted by Crippen LogP contribution is 2.45. The predicted octanol–water partition coefficient (Wildman–Crippen LogP) is 2.34. The number of nitrogens with two attached hydrogens (primary N) is 1. The number of benzene rings is 1. The molecular weight excluding hydrogens is 246 g/mol. The summed E-state index contributed by atoms with van der Waals surface area (Å²) in [6, 6.07) is 2.05. The molecule has 0 fully saturated rings. The van der Waals surface area contributed by atoms with Gasteiger partial charge in [-0.05, 0) is 49.6 Å². The zero-order valence-electron chi connectivity index (χ0n) is 11.2. The van der Waals surface area contributed by atoms with Crippen LogP contribution in [0.1, 0.15) is 29.5 Å². The molecule has 0 aromatic heterocycles. The van der Waals surface area contributed by atoms with Crippen LogP contribution in [-0.2, 0) is 5.60 Å². The van der Waals surface area contributed by atoms with Crippen molar-refractivity contribution in [1.82, 2.24) is 0 Å². The molecule has 1 atom stereocenters. The molecule has 0 bridgehead atoms. The highest BCUT2D eigenvalue weighted by molar-refractivity contribution is 7.99. The van der Waals surface area contributed by atoms with E-state index in [4.69, 9.17) is 10.5 Å². The number of hydrogen-bond donors (Lipinski definition) is 2. The zero-order chi connectivity index (χ0) is 13.3. The minimum atomic E-state index is -0.914. The Hall–Kier alpha value is -0.710. The van der Waals surface area contributed by atoms with Gasteiger partial charge in [0, 0.05) is 12.1 Å². The number of thioether (sulfide) groups is 1. The van der Waals surface area contributed by atoms with Gasteiger partial charge in [0.15, 0.2) is 0 Å². The van der Waals surface area contributed by atoms with E-state index in [9.17, 15) is 5.11 Å². The molecule has 3 N–H and O–H groups in total. The molecule has 1 heterocycles. The maximum absolute atomic E-state index is 10.8. The minimum Gasteiger partial charge on any atom is -0.496 e. The number of methoxy groups -OCH3 is 1. The molecule has 1 unspecified atom stereocenters. The lowest BCUT2D eigenvalue weighted by Crippen LogP contribution is -2.36. The van der Waals surface area contributed by atoms with Gasteiger partial charge in [-0.1, -0.05) is 0 Å². The Labute approximate surface area is 113 Å². The summed E-state index contributed by atoms with van der Waals surface area (Å²) in [5.41, 5.74) is 8.17. The van der Waals surface area contributed by atoms with Crippen molar-refractivity contribution in [3.8, 4) is 5.75 Å². The summed E-state index contributed by atoms with van der Waals surface area (Å²) in [5.74, 6) is 1.85. The third-order valence-corrected chi connectivity index (χ3v) is 4.96. The number of hydrogen-bond acceptors (Lipinski definition) is 4. The first-order valence-electron chi connectivity index (χ1n) is 6.27. The molecule has 0 radical (unpaired) electrons. The molecule has 4 heteroatoms. The lowest BCUT2D eigenvalue weighted by Gasteiger charge is -2.30. The molecule has 1 aromatic carbocycles. The number of aryl methyl sites for hydroxylation is 1. The lowest BCUT2D eigenvalue weighted by molar-refractivity contribution is 0.0335. The van der Waals surface area contributed by atoms with E-state index in [1.54, 1.807) is 18.9 Å². The molecule has 0 saturated carbocycles. The molecular formula is C14H21NO2S. The van der Waals surface area contributed by atoms with Crippen LogP contribution in [0.5, 0.6) is 5.75 Å². The Morgan fingerprint density at radius 1 is 1.50 bits per heavy atom. The van der Waals surface area contributed by atoms with Gasteiger partial charge in [0.05, 0.1) is 12.0 Å². The van der Waals surface area contributed by atoms with Crippen molar-refractivity contribution in [3.63, 3.8) is 0 Å². The Balaban J connectivity index is 2.72. The molecule has 100 valence electrons. The SMILES string of the molecule is COc1cc(C)c(C)c2c1SCCCC2(O)CN. The number of ether oxygens (including phenoxy) is 1. The topological polar surface area (TPSA) is 55.5 Å². The van der Waals surface area contributed by atoms with Crippen molar-refractivity contribution in [2.24, 2.45) is 5.73 Å². The van der Waals surface area contributed by atoms with Gasteiger partial charge in [-0.3, -0.25) is 0 Å². The molecule has 18 heavy (non-hydrogen) atoms. The second-order valence-corrected chi connectivity index (χ2v) is 6.02. The van der Waals surface area contributed by atoms with E-state index >= 15 is 0 Å². The maximum Gasteiger partial charge on any atom is 0.133 e. The van der Waals surface area contributed by atoms with Crippen LogP contribution in [0, 0.1) is 13.8 Å². The molecule has 2 rings (SSSR count). The summed E-state index contributed by atoms with van der Waals surface area (Å²) in [6.45, 7) is 4.36. The van der Waals surface area contributed by atoms with E-state index < -0.39 is 5.60 Å². The van der Waals surface area contributed by atoms with Gasteiger partial charge in [-0.15, -0.1) is 11.8 Å². The molecule has 0 aliphatic carbocycles. The predicted molar refractivity (Wildman–Crippen MR) is 75.4 cm³/mol. The van der Waals surface area contributed by atoms with Gasteiger partial charge in [-0.25, -0.2) is 0 Å². The number of aliphatic hydroxyl groups is 1. The van der Waals surface area contributed by atoms with Crippen molar-refractivity contribution in [2.45, 2.75) is 37.2 Å². The van der Waals surface area contributed by atoms with Crippen LogP contribution in [0.25, 0.3) is 0 Å². The van der Waals surface area contributed by atoms with Crippen molar-refractivity contribution in [2.75, 3.05) is 19.4 Å². The van der Waals surface area contributed by atoms with E-state index in [0.717, 1.165) is 45.9 Å². The summed E-state index contributed by atoms with van der Waals surface area (Å²) in [7, 11) is 1.68. The molecule has 0 saturated heterocycles. The largest absolute Gasteiger partial charge is 0.496 e. The van der Waals surface area contributed by atoms with Crippen molar-refractivity contribution in [1.29, 1.82) is 0 Å². The third-order valence-electron chi connectivity index (χ3n) is 3.77. The van der Waals surface area contributed by atoms with Crippen molar-refractivity contribution >= 4 is 11.8 Å². The van der Waals surface area contributed by atoms with Crippen LogP contribution in [-0.4, -0.2) is 24.5 Å². The lowest BCUT2D eigenvalue weighted by atomic mass is 9.84. The fraction of sp³-hybridized carbons (Fsp3) is 0.571.